The van der Waals surface area contributed by atoms with E-state index in [1.807, 2.05) is 31.1 Å². The summed E-state index contributed by atoms with van der Waals surface area (Å²) in [5.74, 6) is -1.47. The van der Waals surface area contributed by atoms with Crippen molar-refractivity contribution >= 4 is 46.0 Å². The molecule has 4 N–H and O–H groups in total. The van der Waals surface area contributed by atoms with E-state index in [-0.39, 0.29) is 17.2 Å². The SMILES string of the molecule is Cc1c(NC(=O)CSCC(N)C(=O)O)c(=O)oc2cc(N(C)C)ccc12. The summed E-state index contributed by atoms with van der Waals surface area (Å²) in [5, 5.41) is 12.0. The zero-order chi connectivity index (χ0) is 19.4. The van der Waals surface area contributed by atoms with Gasteiger partial charge in [-0.15, -0.1) is 11.8 Å². The minimum Gasteiger partial charge on any atom is -0.480 e. The second kappa shape index (κ2) is 8.24. The average Bonchev–Trinajstić information content (AvgIpc) is 2.57. The van der Waals surface area contributed by atoms with E-state index in [0.717, 1.165) is 22.8 Å². The van der Waals surface area contributed by atoms with Crippen molar-refractivity contribution < 1.29 is 19.1 Å². The van der Waals surface area contributed by atoms with Crippen molar-refractivity contribution in [2.45, 2.75) is 13.0 Å². The molecule has 0 aliphatic rings. The lowest BCUT2D eigenvalue weighted by atomic mass is 10.1. The first kappa shape index (κ1) is 19.8. The molecule has 8 nitrogen and oxygen atoms in total. The van der Waals surface area contributed by atoms with Gasteiger partial charge in [0.15, 0.2) is 0 Å². The molecule has 0 fully saturated rings. The zero-order valence-corrected chi connectivity index (χ0v) is 15.6. The number of rotatable bonds is 7. The molecule has 0 aliphatic carbocycles. The Bertz CT molecular complexity index is 894. The second-order valence-corrected chi connectivity index (χ2v) is 7.00. The Balaban J connectivity index is 2.17. The number of amides is 1. The molecule has 1 atom stereocenters. The quantitative estimate of drug-likeness (QED) is 0.614. The topological polar surface area (TPSA) is 126 Å². The van der Waals surface area contributed by atoms with Gasteiger partial charge in [-0.05, 0) is 24.6 Å². The molecule has 26 heavy (non-hydrogen) atoms. The van der Waals surface area contributed by atoms with Crippen molar-refractivity contribution in [2.24, 2.45) is 5.73 Å². The number of carboxylic acids is 1. The number of aliphatic carboxylic acids is 1. The summed E-state index contributed by atoms with van der Waals surface area (Å²) in [6.07, 6.45) is 0. The van der Waals surface area contributed by atoms with Crippen LogP contribution in [0.25, 0.3) is 11.0 Å². The van der Waals surface area contributed by atoms with Gasteiger partial charge in [0.2, 0.25) is 5.91 Å². The van der Waals surface area contributed by atoms with Gasteiger partial charge in [-0.25, -0.2) is 4.79 Å². The van der Waals surface area contributed by atoms with Crippen LogP contribution in [0.4, 0.5) is 11.4 Å². The summed E-state index contributed by atoms with van der Waals surface area (Å²) in [4.78, 5) is 36.8. The maximum atomic E-state index is 12.2. The highest BCUT2D eigenvalue weighted by atomic mass is 32.2. The number of fused-ring (bicyclic) bond motifs is 1. The number of nitrogens with zero attached hydrogens (tertiary/aromatic N) is 1. The summed E-state index contributed by atoms with van der Waals surface area (Å²) >= 11 is 1.08. The van der Waals surface area contributed by atoms with Gasteiger partial charge < -0.3 is 25.5 Å². The standard InChI is InChI=1S/C17H21N3O5S/c1-9-11-5-4-10(20(2)3)6-13(11)25-17(24)15(9)19-14(21)8-26-7-12(18)16(22)23/h4-6,12H,7-8,18H2,1-3H3,(H,19,21)(H,22,23). The number of aryl methyl sites for hydroxylation is 1. The predicted molar refractivity (Wildman–Crippen MR) is 103 cm³/mol. The highest BCUT2D eigenvalue weighted by Crippen LogP contribution is 2.26. The van der Waals surface area contributed by atoms with E-state index < -0.39 is 23.5 Å². The number of carboxylic acid groups (broad SMARTS) is 1. The van der Waals surface area contributed by atoms with E-state index in [2.05, 4.69) is 5.32 Å². The van der Waals surface area contributed by atoms with Crippen molar-refractivity contribution in [3.05, 3.63) is 34.2 Å². The molecule has 140 valence electrons. The van der Waals surface area contributed by atoms with Gasteiger partial charge >= 0.3 is 11.6 Å². The molecule has 0 bridgehead atoms. The molecule has 0 saturated carbocycles. The van der Waals surface area contributed by atoms with Crippen LogP contribution < -0.4 is 21.6 Å². The number of hydrogen-bond acceptors (Lipinski definition) is 7. The Morgan fingerprint density at radius 3 is 2.69 bits per heavy atom. The fourth-order valence-corrected chi connectivity index (χ4v) is 3.06. The summed E-state index contributed by atoms with van der Waals surface area (Å²) in [7, 11) is 3.77. The van der Waals surface area contributed by atoms with Crippen LogP contribution in [0.3, 0.4) is 0 Å². The normalized spacial score (nSPS) is 12.0. The van der Waals surface area contributed by atoms with E-state index in [1.165, 1.54) is 0 Å². The number of benzene rings is 1. The van der Waals surface area contributed by atoms with Gasteiger partial charge in [-0.2, -0.15) is 0 Å². The third-order valence-electron chi connectivity index (χ3n) is 3.78. The number of nitrogens with one attached hydrogen (secondary N) is 1. The predicted octanol–water partition coefficient (Wildman–Crippen LogP) is 1.25. The van der Waals surface area contributed by atoms with Crippen molar-refractivity contribution in [3.63, 3.8) is 0 Å². The van der Waals surface area contributed by atoms with Crippen LogP contribution in [0.1, 0.15) is 5.56 Å². The first-order chi connectivity index (χ1) is 12.2. The number of thioether (sulfide) groups is 1. The molecule has 1 amide bonds. The molecule has 1 unspecified atom stereocenters. The van der Waals surface area contributed by atoms with Crippen LogP contribution >= 0.6 is 11.8 Å². The lowest BCUT2D eigenvalue weighted by Gasteiger charge is -2.14. The van der Waals surface area contributed by atoms with Crippen molar-refractivity contribution in [1.82, 2.24) is 0 Å². The molecular formula is C17H21N3O5S. The Labute approximate surface area is 154 Å². The van der Waals surface area contributed by atoms with Crippen LogP contribution in [-0.4, -0.2) is 48.6 Å². The molecule has 9 heteroatoms. The number of carbonyl (C=O) groups is 2. The summed E-state index contributed by atoms with van der Waals surface area (Å²) in [5.41, 5.74) is 6.78. The highest BCUT2D eigenvalue weighted by molar-refractivity contribution is 8.00. The smallest absolute Gasteiger partial charge is 0.360 e. The molecular weight excluding hydrogens is 358 g/mol. The molecule has 0 spiro atoms. The summed E-state index contributed by atoms with van der Waals surface area (Å²) < 4.78 is 5.34. The van der Waals surface area contributed by atoms with Gasteiger partial charge in [0.25, 0.3) is 0 Å². The monoisotopic (exact) mass is 379 g/mol. The fraction of sp³-hybridized carbons (Fsp3) is 0.353. The number of hydrogen-bond donors (Lipinski definition) is 3. The molecule has 1 heterocycles. The third kappa shape index (κ3) is 4.55. The lowest BCUT2D eigenvalue weighted by molar-refractivity contribution is -0.137. The van der Waals surface area contributed by atoms with Crippen molar-refractivity contribution in [3.8, 4) is 0 Å². The molecule has 2 rings (SSSR count). The van der Waals surface area contributed by atoms with Crippen LogP contribution in [0.15, 0.2) is 27.4 Å². The van der Waals surface area contributed by atoms with E-state index in [9.17, 15) is 14.4 Å². The fourth-order valence-electron chi connectivity index (χ4n) is 2.29. The second-order valence-electron chi connectivity index (χ2n) is 5.97. The average molecular weight is 379 g/mol. The summed E-state index contributed by atoms with van der Waals surface area (Å²) in [6.45, 7) is 1.73. The minimum absolute atomic E-state index is 0.0164. The van der Waals surface area contributed by atoms with Gasteiger partial charge in [-0.1, -0.05) is 0 Å². The first-order valence-corrected chi connectivity index (χ1v) is 8.97. The highest BCUT2D eigenvalue weighted by Gasteiger charge is 2.16. The van der Waals surface area contributed by atoms with Crippen LogP contribution in [0.2, 0.25) is 0 Å². The van der Waals surface area contributed by atoms with Gasteiger partial charge in [0.05, 0.1) is 5.75 Å². The summed E-state index contributed by atoms with van der Waals surface area (Å²) in [6, 6.07) is 4.45. The van der Waals surface area contributed by atoms with Crippen LogP contribution in [0, 0.1) is 6.92 Å². The van der Waals surface area contributed by atoms with Crippen LogP contribution in [0.5, 0.6) is 0 Å². The molecule has 1 aromatic carbocycles. The Morgan fingerprint density at radius 1 is 1.38 bits per heavy atom. The zero-order valence-electron chi connectivity index (χ0n) is 14.7. The van der Waals surface area contributed by atoms with Gasteiger partial charge in [0.1, 0.15) is 17.3 Å². The largest absolute Gasteiger partial charge is 0.480 e. The first-order valence-electron chi connectivity index (χ1n) is 7.81. The number of carbonyl (C=O) groups excluding carboxylic acids is 1. The molecule has 1 aromatic heterocycles. The number of anilines is 2. The maximum Gasteiger partial charge on any atom is 0.360 e. The minimum atomic E-state index is -1.12. The van der Waals surface area contributed by atoms with Crippen LogP contribution in [-0.2, 0) is 9.59 Å². The molecule has 0 radical (unpaired) electrons. The Kier molecular flexibility index (Phi) is 6.27. The Hall–Kier alpha value is -2.52. The number of nitrogens with two attached hydrogens (primary N) is 1. The van der Waals surface area contributed by atoms with E-state index in [0.29, 0.717) is 11.1 Å². The Morgan fingerprint density at radius 2 is 2.08 bits per heavy atom. The molecule has 2 aromatic rings. The lowest BCUT2D eigenvalue weighted by Crippen LogP contribution is -2.33. The molecule has 0 aliphatic heterocycles. The van der Waals surface area contributed by atoms with E-state index in [4.69, 9.17) is 15.3 Å². The van der Waals surface area contributed by atoms with E-state index in [1.54, 1.807) is 13.0 Å². The van der Waals surface area contributed by atoms with Gasteiger partial charge in [-0.3, -0.25) is 9.59 Å². The third-order valence-corrected chi connectivity index (χ3v) is 4.84. The maximum absolute atomic E-state index is 12.2. The van der Waals surface area contributed by atoms with Gasteiger partial charge in [0, 0.05) is 37.0 Å². The molecule has 0 saturated heterocycles. The van der Waals surface area contributed by atoms with Crippen molar-refractivity contribution in [2.75, 3.05) is 35.8 Å². The van der Waals surface area contributed by atoms with Crippen molar-refractivity contribution in [1.29, 1.82) is 0 Å². The van der Waals surface area contributed by atoms with E-state index >= 15 is 0 Å².